The van der Waals surface area contributed by atoms with Crippen molar-refractivity contribution >= 4 is 5.91 Å². The molecule has 1 aromatic heterocycles. The zero-order chi connectivity index (χ0) is 17.8. The number of benzene rings is 1. The highest BCUT2D eigenvalue weighted by Gasteiger charge is 2.27. The van der Waals surface area contributed by atoms with Gasteiger partial charge in [-0.15, -0.1) is 0 Å². The molecule has 1 saturated heterocycles. The number of amides is 1. The number of aromatic amines is 1. The number of methoxy groups -OCH3 is 1. The van der Waals surface area contributed by atoms with Gasteiger partial charge in [0.25, 0.3) is 5.56 Å². The van der Waals surface area contributed by atoms with Gasteiger partial charge in [0.1, 0.15) is 17.7 Å². The Kier molecular flexibility index (Phi) is 5.14. The van der Waals surface area contributed by atoms with Crippen LogP contribution in [0.25, 0.3) is 0 Å². The monoisotopic (exact) mass is 343 g/mol. The van der Waals surface area contributed by atoms with Crippen molar-refractivity contribution in [1.29, 1.82) is 0 Å². The first kappa shape index (κ1) is 17.2. The second-order valence-electron chi connectivity index (χ2n) is 5.94. The van der Waals surface area contributed by atoms with Gasteiger partial charge in [-0.2, -0.15) is 0 Å². The van der Waals surface area contributed by atoms with E-state index < -0.39 is 6.10 Å². The van der Waals surface area contributed by atoms with Gasteiger partial charge in [-0.3, -0.25) is 9.59 Å². The van der Waals surface area contributed by atoms with Crippen molar-refractivity contribution in [2.24, 2.45) is 0 Å². The van der Waals surface area contributed by atoms with Crippen LogP contribution in [0.4, 0.5) is 0 Å². The Morgan fingerprint density at radius 1 is 1.44 bits per heavy atom. The quantitative estimate of drug-likeness (QED) is 0.903. The molecule has 0 unspecified atom stereocenters. The topological polar surface area (TPSA) is 84.5 Å². The molecule has 2 aromatic rings. The molecule has 7 heteroatoms. The number of hydrogen-bond acceptors (Lipinski definition) is 5. The second-order valence-corrected chi connectivity index (χ2v) is 5.94. The Labute approximate surface area is 145 Å². The zero-order valence-corrected chi connectivity index (χ0v) is 14.3. The molecule has 1 aromatic carbocycles. The lowest BCUT2D eigenvalue weighted by Gasteiger charge is -2.32. The maximum Gasteiger partial charge on any atom is 0.251 e. The fraction of sp³-hybridized carbons (Fsp3) is 0.389. The minimum Gasteiger partial charge on any atom is -0.496 e. The molecule has 3 rings (SSSR count). The molecule has 0 spiro atoms. The van der Waals surface area contributed by atoms with Gasteiger partial charge in [-0.05, 0) is 13.0 Å². The summed E-state index contributed by atoms with van der Waals surface area (Å²) < 4.78 is 11.0. The van der Waals surface area contributed by atoms with Crippen molar-refractivity contribution in [2.75, 3.05) is 26.8 Å². The van der Waals surface area contributed by atoms with Gasteiger partial charge in [-0.25, -0.2) is 4.98 Å². The first-order valence-electron chi connectivity index (χ1n) is 8.16. The van der Waals surface area contributed by atoms with Crippen molar-refractivity contribution in [3.63, 3.8) is 0 Å². The van der Waals surface area contributed by atoms with Gasteiger partial charge in [0.2, 0.25) is 5.91 Å². The largest absolute Gasteiger partial charge is 0.496 e. The molecule has 132 valence electrons. The first-order chi connectivity index (χ1) is 12.1. The molecule has 0 saturated carbocycles. The summed E-state index contributed by atoms with van der Waals surface area (Å²) in [5.74, 6) is 1.23. The van der Waals surface area contributed by atoms with Gasteiger partial charge in [0.15, 0.2) is 0 Å². The molecule has 1 fully saturated rings. The molecule has 0 bridgehead atoms. The third-order valence-electron chi connectivity index (χ3n) is 4.16. The van der Waals surface area contributed by atoms with E-state index in [-0.39, 0.29) is 17.9 Å². The molecule has 0 radical (unpaired) electrons. The van der Waals surface area contributed by atoms with Crippen LogP contribution in [0.3, 0.4) is 0 Å². The summed E-state index contributed by atoms with van der Waals surface area (Å²) in [6.45, 7) is 3.03. The molecule has 25 heavy (non-hydrogen) atoms. The Hall–Kier alpha value is -2.67. The van der Waals surface area contributed by atoms with E-state index in [4.69, 9.17) is 9.47 Å². The third-order valence-corrected chi connectivity index (χ3v) is 4.16. The van der Waals surface area contributed by atoms with Gasteiger partial charge in [-0.1, -0.05) is 18.2 Å². The van der Waals surface area contributed by atoms with Gasteiger partial charge >= 0.3 is 0 Å². The lowest BCUT2D eigenvalue weighted by molar-refractivity contribution is -0.138. The average Bonchev–Trinajstić information content (AvgIpc) is 2.61. The molecule has 1 amide bonds. The number of nitrogens with one attached hydrogen (secondary N) is 1. The van der Waals surface area contributed by atoms with Crippen LogP contribution in [-0.4, -0.2) is 47.6 Å². The van der Waals surface area contributed by atoms with E-state index in [0.29, 0.717) is 37.0 Å². The first-order valence-corrected chi connectivity index (χ1v) is 8.16. The van der Waals surface area contributed by atoms with Crippen molar-refractivity contribution in [2.45, 2.75) is 19.4 Å². The number of aryl methyl sites for hydroxylation is 1. The van der Waals surface area contributed by atoms with Gasteiger partial charge in [0.05, 0.1) is 32.4 Å². The normalized spacial score (nSPS) is 17.4. The lowest BCUT2D eigenvalue weighted by Crippen LogP contribution is -2.43. The predicted molar refractivity (Wildman–Crippen MR) is 91.6 cm³/mol. The molecular weight excluding hydrogens is 322 g/mol. The van der Waals surface area contributed by atoms with Crippen molar-refractivity contribution in [1.82, 2.24) is 14.9 Å². The van der Waals surface area contributed by atoms with Crippen molar-refractivity contribution in [3.05, 3.63) is 57.8 Å². The van der Waals surface area contributed by atoms with E-state index in [2.05, 4.69) is 9.97 Å². The van der Waals surface area contributed by atoms with Crippen LogP contribution in [0.1, 0.15) is 23.2 Å². The number of carbonyl (C=O) groups excluding carboxylic acids is 1. The van der Waals surface area contributed by atoms with Crippen molar-refractivity contribution < 1.29 is 14.3 Å². The van der Waals surface area contributed by atoms with Crippen LogP contribution in [0.5, 0.6) is 5.75 Å². The van der Waals surface area contributed by atoms with E-state index in [0.717, 1.165) is 5.56 Å². The van der Waals surface area contributed by atoms with E-state index >= 15 is 0 Å². The standard InChI is InChI=1S/C18H21N3O4/c1-12-19-14(10-17(22)20-12)16-11-21(7-8-25-16)18(23)9-13-5-3-4-6-15(13)24-2/h3-6,10,16H,7-9,11H2,1-2H3,(H,19,20,22)/t16-/m1/s1. The fourth-order valence-electron chi connectivity index (χ4n) is 2.95. The fourth-order valence-corrected chi connectivity index (χ4v) is 2.95. The maximum absolute atomic E-state index is 12.7. The number of carbonyl (C=O) groups is 1. The number of nitrogens with zero attached hydrogens (tertiary/aromatic N) is 2. The number of aromatic nitrogens is 2. The van der Waals surface area contributed by atoms with Crippen LogP contribution >= 0.6 is 0 Å². The zero-order valence-electron chi connectivity index (χ0n) is 14.3. The van der Waals surface area contributed by atoms with E-state index in [9.17, 15) is 9.59 Å². The molecule has 1 atom stereocenters. The molecule has 2 heterocycles. The van der Waals surface area contributed by atoms with Crippen LogP contribution in [0.15, 0.2) is 35.1 Å². The number of H-pyrrole nitrogens is 1. The minimum atomic E-state index is -0.392. The Morgan fingerprint density at radius 2 is 2.24 bits per heavy atom. The molecule has 1 aliphatic heterocycles. The van der Waals surface area contributed by atoms with E-state index in [1.807, 2.05) is 24.3 Å². The van der Waals surface area contributed by atoms with Gasteiger partial charge in [0, 0.05) is 18.2 Å². The smallest absolute Gasteiger partial charge is 0.251 e. The predicted octanol–water partition coefficient (Wildman–Crippen LogP) is 1.23. The number of ether oxygens (including phenoxy) is 2. The SMILES string of the molecule is COc1ccccc1CC(=O)N1CCO[C@@H](c2cc(=O)[nH]c(C)n2)C1. The van der Waals surface area contributed by atoms with Crippen LogP contribution in [-0.2, 0) is 16.0 Å². The second kappa shape index (κ2) is 7.48. The summed E-state index contributed by atoms with van der Waals surface area (Å²) in [4.78, 5) is 33.0. The third kappa shape index (κ3) is 4.06. The molecule has 7 nitrogen and oxygen atoms in total. The van der Waals surface area contributed by atoms with Crippen LogP contribution < -0.4 is 10.3 Å². The van der Waals surface area contributed by atoms with E-state index in [1.54, 1.807) is 18.9 Å². The summed E-state index contributed by atoms with van der Waals surface area (Å²) >= 11 is 0. The Balaban J connectivity index is 1.72. The number of hydrogen-bond donors (Lipinski definition) is 1. The number of rotatable bonds is 4. The molecular formula is C18H21N3O4. The van der Waals surface area contributed by atoms with Crippen LogP contribution in [0.2, 0.25) is 0 Å². The van der Waals surface area contributed by atoms with Crippen molar-refractivity contribution in [3.8, 4) is 5.75 Å². The maximum atomic E-state index is 12.7. The average molecular weight is 343 g/mol. The summed E-state index contributed by atoms with van der Waals surface area (Å²) in [6, 6.07) is 8.91. The summed E-state index contributed by atoms with van der Waals surface area (Å²) in [5, 5.41) is 0. The molecule has 1 N–H and O–H groups in total. The lowest BCUT2D eigenvalue weighted by atomic mass is 10.1. The Morgan fingerprint density at radius 3 is 3.00 bits per heavy atom. The summed E-state index contributed by atoms with van der Waals surface area (Å²) in [6.07, 6.45) is -0.130. The molecule has 0 aliphatic carbocycles. The Bertz CT molecular complexity index is 818. The number of para-hydroxylation sites is 1. The minimum absolute atomic E-state index is 0.000590. The summed E-state index contributed by atoms with van der Waals surface area (Å²) in [7, 11) is 1.59. The molecule has 1 aliphatic rings. The van der Waals surface area contributed by atoms with Gasteiger partial charge < -0.3 is 19.4 Å². The van der Waals surface area contributed by atoms with E-state index in [1.165, 1.54) is 6.07 Å². The van der Waals surface area contributed by atoms with Crippen LogP contribution in [0, 0.1) is 6.92 Å². The highest BCUT2D eigenvalue weighted by molar-refractivity contribution is 5.79. The number of morpholine rings is 1. The summed E-state index contributed by atoms with van der Waals surface area (Å²) in [5.41, 5.74) is 1.18. The highest BCUT2D eigenvalue weighted by Crippen LogP contribution is 2.22. The highest BCUT2D eigenvalue weighted by atomic mass is 16.5.